The molecular weight excluding hydrogens is 250 g/mol. The quantitative estimate of drug-likeness (QED) is 0.881. The zero-order valence-electron chi connectivity index (χ0n) is 12.1. The second-order valence-corrected chi connectivity index (χ2v) is 5.61. The molecule has 20 heavy (non-hydrogen) atoms. The summed E-state index contributed by atoms with van der Waals surface area (Å²) in [6.07, 6.45) is 2.22. The molecule has 0 aliphatic carbocycles. The van der Waals surface area contributed by atoms with Crippen molar-refractivity contribution in [2.75, 3.05) is 18.9 Å². The number of nitrogen functional groups attached to an aromatic ring is 1. The molecule has 106 valence electrons. The van der Waals surface area contributed by atoms with Crippen LogP contribution in [0.3, 0.4) is 0 Å². The van der Waals surface area contributed by atoms with Gasteiger partial charge in [-0.3, -0.25) is 5.10 Å². The van der Waals surface area contributed by atoms with Gasteiger partial charge in [-0.2, -0.15) is 5.10 Å². The van der Waals surface area contributed by atoms with Crippen LogP contribution in [0, 0.1) is 13.8 Å². The van der Waals surface area contributed by atoms with Crippen LogP contribution in [0.15, 0.2) is 18.2 Å². The van der Waals surface area contributed by atoms with Gasteiger partial charge >= 0.3 is 0 Å². The van der Waals surface area contributed by atoms with Crippen molar-refractivity contribution in [2.45, 2.75) is 32.6 Å². The molecule has 1 aromatic heterocycles. The van der Waals surface area contributed by atoms with Crippen molar-refractivity contribution in [1.29, 1.82) is 0 Å². The highest BCUT2D eigenvalue weighted by molar-refractivity contribution is 5.77. The second-order valence-electron chi connectivity index (χ2n) is 5.61. The van der Waals surface area contributed by atoms with E-state index < -0.39 is 0 Å². The molecular formula is C16H21N3O. The van der Waals surface area contributed by atoms with Gasteiger partial charge in [-0.25, -0.2) is 0 Å². The highest BCUT2D eigenvalue weighted by Crippen LogP contribution is 2.36. The molecule has 2 heterocycles. The van der Waals surface area contributed by atoms with E-state index in [4.69, 9.17) is 10.5 Å². The molecule has 1 aromatic carbocycles. The monoisotopic (exact) mass is 271 g/mol. The van der Waals surface area contributed by atoms with Crippen LogP contribution in [0.5, 0.6) is 0 Å². The maximum Gasteiger partial charge on any atom is 0.153 e. The lowest BCUT2D eigenvalue weighted by Crippen LogP contribution is -2.16. The number of anilines is 1. The Balaban J connectivity index is 2.03. The van der Waals surface area contributed by atoms with E-state index in [0.29, 0.717) is 11.7 Å². The number of aromatic amines is 1. The molecule has 1 atom stereocenters. The Morgan fingerprint density at radius 2 is 2.15 bits per heavy atom. The summed E-state index contributed by atoms with van der Waals surface area (Å²) < 4.78 is 5.59. The highest BCUT2D eigenvalue weighted by atomic mass is 16.5. The summed E-state index contributed by atoms with van der Waals surface area (Å²) in [5.41, 5.74) is 11.9. The number of hydrogen-bond donors (Lipinski definition) is 2. The second kappa shape index (κ2) is 5.29. The molecule has 0 radical (unpaired) electrons. The summed E-state index contributed by atoms with van der Waals surface area (Å²) in [6.45, 7) is 5.85. The molecule has 1 saturated heterocycles. The lowest BCUT2D eigenvalue weighted by Gasteiger charge is -2.22. The van der Waals surface area contributed by atoms with Crippen molar-refractivity contribution in [3.05, 3.63) is 35.0 Å². The number of nitrogens with zero attached hydrogens (tertiary/aromatic N) is 1. The fourth-order valence-electron chi connectivity index (χ4n) is 2.83. The molecule has 1 aliphatic rings. The van der Waals surface area contributed by atoms with E-state index in [1.54, 1.807) is 0 Å². The molecule has 4 heteroatoms. The summed E-state index contributed by atoms with van der Waals surface area (Å²) in [5.74, 6) is 0.944. The van der Waals surface area contributed by atoms with Crippen molar-refractivity contribution in [3.63, 3.8) is 0 Å². The molecule has 0 spiro atoms. The molecule has 0 saturated carbocycles. The maximum atomic E-state index is 6.09. The van der Waals surface area contributed by atoms with Crippen LogP contribution in [-0.4, -0.2) is 23.4 Å². The molecule has 0 bridgehead atoms. The SMILES string of the molecule is Cc1ccc(-c2c(N)n[nH]c2C2CCCOC2)cc1C. The molecule has 1 aliphatic heterocycles. The largest absolute Gasteiger partial charge is 0.382 e. The Morgan fingerprint density at radius 1 is 1.30 bits per heavy atom. The third-order valence-electron chi connectivity index (χ3n) is 4.19. The van der Waals surface area contributed by atoms with Crippen LogP contribution in [-0.2, 0) is 4.74 Å². The number of hydrogen-bond acceptors (Lipinski definition) is 3. The topological polar surface area (TPSA) is 63.9 Å². The first kappa shape index (κ1) is 13.2. The van der Waals surface area contributed by atoms with E-state index in [-0.39, 0.29) is 0 Å². The van der Waals surface area contributed by atoms with Crippen LogP contribution >= 0.6 is 0 Å². The minimum atomic E-state index is 0.366. The minimum Gasteiger partial charge on any atom is -0.382 e. The van der Waals surface area contributed by atoms with Crippen LogP contribution in [0.25, 0.3) is 11.1 Å². The lowest BCUT2D eigenvalue weighted by molar-refractivity contribution is 0.0794. The predicted octanol–water partition coefficient (Wildman–Crippen LogP) is 3.17. The van der Waals surface area contributed by atoms with Gasteiger partial charge in [0.2, 0.25) is 0 Å². The summed E-state index contributed by atoms with van der Waals surface area (Å²) in [5, 5.41) is 7.34. The van der Waals surface area contributed by atoms with Crippen LogP contribution in [0.2, 0.25) is 0 Å². The van der Waals surface area contributed by atoms with E-state index in [9.17, 15) is 0 Å². The Morgan fingerprint density at radius 3 is 2.85 bits per heavy atom. The number of rotatable bonds is 2. The molecule has 0 amide bonds. The number of ether oxygens (including phenoxy) is 1. The molecule has 2 aromatic rings. The average molecular weight is 271 g/mol. The van der Waals surface area contributed by atoms with Gasteiger partial charge in [-0.1, -0.05) is 18.2 Å². The Bertz CT molecular complexity index is 612. The first-order valence-electron chi connectivity index (χ1n) is 7.16. The van der Waals surface area contributed by atoms with Crippen molar-refractivity contribution >= 4 is 5.82 Å². The highest BCUT2D eigenvalue weighted by Gasteiger charge is 2.23. The van der Waals surface area contributed by atoms with E-state index in [0.717, 1.165) is 42.9 Å². The molecule has 1 unspecified atom stereocenters. The first-order chi connectivity index (χ1) is 9.66. The number of aromatic nitrogens is 2. The smallest absolute Gasteiger partial charge is 0.153 e. The van der Waals surface area contributed by atoms with E-state index >= 15 is 0 Å². The van der Waals surface area contributed by atoms with Crippen LogP contribution in [0.1, 0.15) is 35.6 Å². The van der Waals surface area contributed by atoms with Gasteiger partial charge in [0.05, 0.1) is 12.3 Å². The van der Waals surface area contributed by atoms with Crippen LogP contribution in [0.4, 0.5) is 5.82 Å². The number of H-pyrrole nitrogens is 1. The third-order valence-corrected chi connectivity index (χ3v) is 4.19. The van der Waals surface area contributed by atoms with Gasteiger partial charge in [0.15, 0.2) is 5.82 Å². The van der Waals surface area contributed by atoms with E-state index in [2.05, 4.69) is 42.2 Å². The van der Waals surface area contributed by atoms with E-state index in [1.807, 2.05) is 0 Å². The van der Waals surface area contributed by atoms with Gasteiger partial charge < -0.3 is 10.5 Å². The van der Waals surface area contributed by atoms with Crippen molar-refractivity contribution in [2.24, 2.45) is 0 Å². The van der Waals surface area contributed by atoms with Crippen molar-refractivity contribution in [1.82, 2.24) is 10.2 Å². The summed E-state index contributed by atoms with van der Waals surface area (Å²) >= 11 is 0. The Labute approximate surface area is 119 Å². The number of aryl methyl sites for hydroxylation is 2. The Kier molecular flexibility index (Phi) is 3.49. The van der Waals surface area contributed by atoms with Gasteiger partial charge in [0, 0.05) is 18.1 Å². The summed E-state index contributed by atoms with van der Waals surface area (Å²) in [7, 11) is 0. The van der Waals surface area contributed by atoms with Crippen molar-refractivity contribution < 1.29 is 4.74 Å². The lowest BCUT2D eigenvalue weighted by atomic mass is 9.91. The normalized spacial score (nSPS) is 19.2. The molecule has 3 N–H and O–H groups in total. The van der Waals surface area contributed by atoms with Crippen LogP contribution < -0.4 is 5.73 Å². The minimum absolute atomic E-state index is 0.366. The van der Waals surface area contributed by atoms with Gasteiger partial charge in [0.25, 0.3) is 0 Å². The predicted molar refractivity (Wildman–Crippen MR) is 80.7 cm³/mol. The number of nitrogens with two attached hydrogens (primary N) is 1. The number of benzene rings is 1. The first-order valence-corrected chi connectivity index (χ1v) is 7.16. The zero-order chi connectivity index (χ0) is 14.1. The molecule has 4 nitrogen and oxygen atoms in total. The van der Waals surface area contributed by atoms with Crippen molar-refractivity contribution in [3.8, 4) is 11.1 Å². The van der Waals surface area contributed by atoms with Gasteiger partial charge in [0.1, 0.15) is 0 Å². The maximum absolute atomic E-state index is 6.09. The van der Waals surface area contributed by atoms with E-state index in [1.165, 1.54) is 11.1 Å². The molecule has 1 fully saturated rings. The summed E-state index contributed by atoms with van der Waals surface area (Å²) in [6, 6.07) is 6.44. The van der Waals surface area contributed by atoms with Gasteiger partial charge in [-0.15, -0.1) is 0 Å². The average Bonchev–Trinajstić information content (AvgIpc) is 2.85. The summed E-state index contributed by atoms with van der Waals surface area (Å²) in [4.78, 5) is 0. The zero-order valence-corrected chi connectivity index (χ0v) is 12.1. The third kappa shape index (κ3) is 2.31. The fraction of sp³-hybridized carbons (Fsp3) is 0.438. The standard InChI is InChI=1S/C16H21N3O/c1-10-5-6-12(8-11(10)2)14-15(18-19-16(14)17)13-4-3-7-20-9-13/h5-6,8,13H,3-4,7,9H2,1-2H3,(H3,17,18,19). The Hall–Kier alpha value is -1.81. The number of nitrogens with one attached hydrogen (secondary N) is 1. The fourth-order valence-corrected chi connectivity index (χ4v) is 2.83. The molecule has 3 rings (SSSR count). The van der Waals surface area contributed by atoms with Gasteiger partial charge in [-0.05, 0) is 43.4 Å².